The van der Waals surface area contributed by atoms with E-state index < -0.39 is 0 Å². The van der Waals surface area contributed by atoms with E-state index in [1.165, 1.54) is 12.1 Å². The minimum absolute atomic E-state index is 0.222. The second kappa shape index (κ2) is 9.48. The molecule has 0 bridgehead atoms. The fourth-order valence-electron chi connectivity index (χ4n) is 4.15. The molecule has 2 amide bonds. The summed E-state index contributed by atoms with van der Waals surface area (Å²) in [7, 11) is 1.65. The van der Waals surface area contributed by atoms with Gasteiger partial charge in [0, 0.05) is 43.8 Å². The summed E-state index contributed by atoms with van der Waals surface area (Å²) in [6, 6.07) is 17.4. The molecule has 3 heterocycles. The second-order valence-electron chi connectivity index (χ2n) is 8.11. The Labute approximate surface area is 196 Å². The highest BCUT2D eigenvalue weighted by Gasteiger charge is 2.23. The number of nitrogens with zero attached hydrogens (tertiary/aromatic N) is 5. The molecule has 1 saturated heterocycles. The first-order valence-corrected chi connectivity index (χ1v) is 11.1. The van der Waals surface area contributed by atoms with E-state index in [1.807, 2.05) is 36.4 Å². The lowest BCUT2D eigenvalue weighted by atomic mass is 10.2. The normalized spacial score (nSPS) is 14.4. The van der Waals surface area contributed by atoms with Crippen molar-refractivity contribution in [3.05, 3.63) is 78.5 Å². The molecule has 0 aliphatic carbocycles. The number of carbonyl (C=O) groups excluding carboxylic acids is 1. The van der Waals surface area contributed by atoms with Crippen LogP contribution in [-0.4, -0.2) is 63.7 Å². The van der Waals surface area contributed by atoms with E-state index in [0.717, 1.165) is 28.4 Å². The van der Waals surface area contributed by atoms with Gasteiger partial charge in [0.25, 0.3) is 0 Å². The number of ether oxygens (including phenoxy) is 1. The molecule has 34 heavy (non-hydrogen) atoms. The Morgan fingerprint density at radius 1 is 1.06 bits per heavy atom. The van der Waals surface area contributed by atoms with E-state index in [0.29, 0.717) is 38.4 Å². The number of hydrogen-bond donors (Lipinski definition) is 1. The molecule has 1 N–H and O–H groups in total. The predicted molar refractivity (Wildman–Crippen MR) is 128 cm³/mol. The highest BCUT2D eigenvalue weighted by molar-refractivity contribution is 5.89. The number of amides is 2. The molecule has 5 rings (SSSR count). The highest BCUT2D eigenvalue weighted by Crippen LogP contribution is 2.23. The number of imidazole rings is 1. The van der Waals surface area contributed by atoms with E-state index >= 15 is 0 Å². The first-order chi connectivity index (χ1) is 16.6. The summed E-state index contributed by atoms with van der Waals surface area (Å²) in [5.74, 6) is 1.30. The number of methoxy groups -OCH3 is 1. The van der Waals surface area contributed by atoms with Gasteiger partial charge in [0.05, 0.1) is 13.7 Å². The van der Waals surface area contributed by atoms with Crippen molar-refractivity contribution in [1.29, 1.82) is 0 Å². The zero-order valence-electron chi connectivity index (χ0n) is 18.8. The number of pyridine rings is 1. The van der Waals surface area contributed by atoms with Crippen LogP contribution in [0.2, 0.25) is 0 Å². The zero-order valence-corrected chi connectivity index (χ0v) is 18.8. The van der Waals surface area contributed by atoms with Gasteiger partial charge in [-0.1, -0.05) is 6.07 Å². The van der Waals surface area contributed by atoms with Crippen LogP contribution in [0.25, 0.3) is 16.9 Å². The number of halogens is 1. The number of aromatic nitrogens is 3. The molecule has 0 saturated carbocycles. The standard InChI is InChI=1S/C25H25FN6O2/c1-34-21-9-7-20(8-10-21)32-23(29-22-6-3-11-27-24(22)32)17-30-12-14-31(15-13-30)25(33)28-19-5-2-4-18(26)16-19/h2-11,16H,12-15,17H2,1H3,(H,28,33). The van der Waals surface area contributed by atoms with Crippen LogP contribution in [0.3, 0.4) is 0 Å². The van der Waals surface area contributed by atoms with Crippen LogP contribution in [0, 0.1) is 5.82 Å². The Morgan fingerprint density at radius 2 is 1.85 bits per heavy atom. The number of fused-ring (bicyclic) bond motifs is 1. The quantitative estimate of drug-likeness (QED) is 0.489. The smallest absolute Gasteiger partial charge is 0.321 e. The van der Waals surface area contributed by atoms with Crippen molar-refractivity contribution in [3.63, 3.8) is 0 Å². The summed E-state index contributed by atoms with van der Waals surface area (Å²) in [5.41, 5.74) is 3.05. The van der Waals surface area contributed by atoms with E-state index in [1.54, 1.807) is 30.3 Å². The van der Waals surface area contributed by atoms with Crippen molar-refractivity contribution in [2.75, 3.05) is 38.6 Å². The van der Waals surface area contributed by atoms with Crippen LogP contribution >= 0.6 is 0 Å². The van der Waals surface area contributed by atoms with E-state index in [4.69, 9.17) is 9.72 Å². The summed E-state index contributed by atoms with van der Waals surface area (Å²) < 4.78 is 20.8. The Morgan fingerprint density at radius 3 is 2.59 bits per heavy atom. The molecule has 1 aliphatic heterocycles. The lowest BCUT2D eigenvalue weighted by Gasteiger charge is -2.34. The molecule has 2 aromatic heterocycles. The first-order valence-electron chi connectivity index (χ1n) is 11.1. The largest absolute Gasteiger partial charge is 0.497 e. The monoisotopic (exact) mass is 460 g/mol. The first kappa shape index (κ1) is 21.8. The third-order valence-corrected chi connectivity index (χ3v) is 5.92. The lowest BCUT2D eigenvalue weighted by molar-refractivity contribution is 0.140. The number of rotatable bonds is 5. The van der Waals surface area contributed by atoms with Crippen molar-refractivity contribution in [3.8, 4) is 11.4 Å². The minimum atomic E-state index is -0.378. The van der Waals surface area contributed by atoms with Gasteiger partial charge in [0.1, 0.15) is 22.9 Å². The van der Waals surface area contributed by atoms with Gasteiger partial charge in [0.15, 0.2) is 5.65 Å². The Hall–Kier alpha value is -3.98. The number of nitrogens with one attached hydrogen (secondary N) is 1. The molecule has 0 atom stereocenters. The van der Waals surface area contributed by atoms with Crippen LogP contribution in [-0.2, 0) is 6.54 Å². The average molecular weight is 461 g/mol. The van der Waals surface area contributed by atoms with Gasteiger partial charge in [0.2, 0.25) is 0 Å². The molecule has 0 spiro atoms. The molecule has 1 aliphatic rings. The zero-order chi connectivity index (χ0) is 23.5. The van der Waals surface area contributed by atoms with Crippen LogP contribution < -0.4 is 10.1 Å². The van der Waals surface area contributed by atoms with Crippen LogP contribution in [0.4, 0.5) is 14.9 Å². The van der Waals surface area contributed by atoms with Crippen LogP contribution in [0.15, 0.2) is 66.9 Å². The second-order valence-corrected chi connectivity index (χ2v) is 8.11. The Balaban J connectivity index is 1.29. The summed E-state index contributed by atoms with van der Waals surface area (Å²) in [5, 5.41) is 2.77. The van der Waals surface area contributed by atoms with Crippen molar-refractivity contribution in [1.82, 2.24) is 24.3 Å². The van der Waals surface area contributed by atoms with Gasteiger partial charge in [-0.25, -0.2) is 19.2 Å². The van der Waals surface area contributed by atoms with Gasteiger partial charge >= 0.3 is 6.03 Å². The van der Waals surface area contributed by atoms with E-state index in [-0.39, 0.29) is 11.8 Å². The summed E-state index contributed by atoms with van der Waals surface area (Å²) in [6.45, 7) is 3.18. The SMILES string of the molecule is COc1ccc(-n2c(CN3CCN(C(=O)Nc4cccc(F)c4)CC3)nc3cccnc32)cc1. The van der Waals surface area contributed by atoms with Gasteiger partial charge in [-0.3, -0.25) is 9.47 Å². The van der Waals surface area contributed by atoms with E-state index in [9.17, 15) is 9.18 Å². The van der Waals surface area contributed by atoms with Crippen LogP contribution in [0.1, 0.15) is 5.82 Å². The molecule has 2 aromatic carbocycles. The fraction of sp³-hybridized carbons (Fsp3) is 0.240. The van der Waals surface area contributed by atoms with Gasteiger partial charge < -0.3 is 15.0 Å². The number of piperazine rings is 1. The maximum atomic E-state index is 13.4. The number of anilines is 1. The topological polar surface area (TPSA) is 75.5 Å². The molecule has 4 aromatic rings. The summed E-state index contributed by atoms with van der Waals surface area (Å²) in [6.07, 6.45) is 1.77. The number of benzene rings is 2. The Bertz CT molecular complexity index is 1300. The fourth-order valence-corrected chi connectivity index (χ4v) is 4.15. The Kier molecular flexibility index (Phi) is 6.09. The highest BCUT2D eigenvalue weighted by atomic mass is 19.1. The number of carbonyl (C=O) groups is 1. The number of urea groups is 1. The number of hydrogen-bond acceptors (Lipinski definition) is 5. The maximum Gasteiger partial charge on any atom is 0.321 e. The van der Waals surface area contributed by atoms with Crippen LogP contribution in [0.5, 0.6) is 5.75 Å². The molecule has 0 radical (unpaired) electrons. The molecule has 1 fully saturated rings. The summed E-state index contributed by atoms with van der Waals surface area (Å²) in [4.78, 5) is 26.0. The van der Waals surface area contributed by atoms with Gasteiger partial charge in [-0.2, -0.15) is 0 Å². The molecule has 174 valence electrons. The molecular formula is C25H25FN6O2. The van der Waals surface area contributed by atoms with E-state index in [2.05, 4.69) is 19.8 Å². The molecule has 0 unspecified atom stereocenters. The maximum absolute atomic E-state index is 13.4. The third kappa shape index (κ3) is 4.55. The predicted octanol–water partition coefficient (Wildman–Crippen LogP) is 3.92. The molecular weight excluding hydrogens is 435 g/mol. The lowest BCUT2D eigenvalue weighted by Crippen LogP contribution is -2.49. The van der Waals surface area contributed by atoms with Gasteiger partial charge in [-0.15, -0.1) is 0 Å². The van der Waals surface area contributed by atoms with Crippen molar-refractivity contribution >= 4 is 22.9 Å². The van der Waals surface area contributed by atoms with Gasteiger partial charge in [-0.05, 0) is 54.6 Å². The van der Waals surface area contributed by atoms with Crippen molar-refractivity contribution < 1.29 is 13.9 Å². The van der Waals surface area contributed by atoms with Crippen molar-refractivity contribution in [2.45, 2.75) is 6.54 Å². The minimum Gasteiger partial charge on any atom is -0.497 e. The molecule has 8 nitrogen and oxygen atoms in total. The third-order valence-electron chi connectivity index (χ3n) is 5.92. The molecule has 9 heteroatoms. The summed E-state index contributed by atoms with van der Waals surface area (Å²) >= 11 is 0. The average Bonchev–Trinajstić information content (AvgIpc) is 3.22. The van der Waals surface area contributed by atoms with Crippen molar-refractivity contribution in [2.24, 2.45) is 0 Å².